The molecule has 17 heavy (non-hydrogen) atoms. The molecule has 2 nitrogen and oxygen atoms in total. The summed E-state index contributed by atoms with van der Waals surface area (Å²) in [6.07, 6.45) is 0. The molecule has 1 aliphatic heterocycles. The lowest BCUT2D eigenvalue weighted by atomic mass is 10.1. The van der Waals surface area contributed by atoms with Gasteiger partial charge in [0.25, 0.3) is 0 Å². The van der Waals surface area contributed by atoms with Crippen LogP contribution in [0.2, 0.25) is 0 Å². The first-order valence-corrected chi connectivity index (χ1v) is 7.06. The Bertz CT molecular complexity index is 512. The molecule has 2 aromatic rings. The fourth-order valence-corrected chi connectivity index (χ4v) is 3.61. The van der Waals surface area contributed by atoms with Gasteiger partial charge < -0.3 is 5.32 Å². The summed E-state index contributed by atoms with van der Waals surface area (Å²) in [6, 6.07) is 8.96. The number of nitrogens with zero attached hydrogens (tertiary/aromatic N) is 1. The zero-order chi connectivity index (χ0) is 11.7. The molecule has 3 rings (SSSR count). The summed E-state index contributed by atoms with van der Waals surface area (Å²) in [6.45, 7) is 7.92. The lowest BCUT2D eigenvalue weighted by Crippen LogP contribution is -2.42. The molecule has 90 valence electrons. The molecular weight excluding hydrogens is 228 g/mol. The standard InChI is InChI=1S/C14H18N2S/c1-11-3-2-4-14-13(11)9-12(17-14)10-16-7-5-15-6-8-16/h2-4,9,15H,5-8,10H2,1H3. The van der Waals surface area contributed by atoms with Crippen LogP contribution < -0.4 is 5.32 Å². The second-order valence-corrected chi connectivity index (χ2v) is 5.89. The van der Waals surface area contributed by atoms with Gasteiger partial charge in [-0.1, -0.05) is 12.1 Å². The van der Waals surface area contributed by atoms with E-state index in [1.54, 1.807) is 0 Å². The average molecular weight is 246 g/mol. The van der Waals surface area contributed by atoms with E-state index in [9.17, 15) is 0 Å². The van der Waals surface area contributed by atoms with E-state index >= 15 is 0 Å². The first-order chi connectivity index (χ1) is 8.33. The lowest BCUT2D eigenvalue weighted by molar-refractivity contribution is 0.235. The second kappa shape index (κ2) is 4.77. The highest BCUT2D eigenvalue weighted by Gasteiger charge is 2.11. The Morgan fingerprint density at radius 2 is 2.12 bits per heavy atom. The normalized spacial score (nSPS) is 17.7. The van der Waals surface area contributed by atoms with Gasteiger partial charge in [-0.2, -0.15) is 0 Å². The molecule has 3 heteroatoms. The van der Waals surface area contributed by atoms with Crippen molar-refractivity contribution >= 4 is 21.4 Å². The third-order valence-electron chi connectivity index (χ3n) is 3.42. The van der Waals surface area contributed by atoms with Crippen LogP contribution in [0.15, 0.2) is 24.3 Å². The van der Waals surface area contributed by atoms with E-state index in [-0.39, 0.29) is 0 Å². The molecule has 0 spiro atoms. The molecule has 1 N–H and O–H groups in total. The monoisotopic (exact) mass is 246 g/mol. The van der Waals surface area contributed by atoms with Crippen LogP contribution in [0.1, 0.15) is 10.4 Å². The molecule has 0 radical (unpaired) electrons. The highest BCUT2D eigenvalue weighted by Crippen LogP contribution is 2.28. The molecule has 2 heterocycles. The highest BCUT2D eigenvalue weighted by molar-refractivity contribution is 7.19. The fourth-order valence-electron chi connectivity index (χ4n) is 2.43. The lowest BCUT2D eigenvalue weighted by Gasteiger charge is -2.26. The van der Waals surface area contributed by atoms with Crippen LogP contribution in [0.25, 0.3) is 10.1 Å². The van der Waals surface area contributed by atoms with E-state index in [4.69, 9.17) is 0 Å². The van der Waals surface area contributed by atoms with Gasteiger partial charge in [0, 0.05) is 42.3 Å². The van der Waals surface area contributed by atoms with E-state index in [1.165, 1.54) is 33.6 Å². The molecule has 0 saturated carbocycles. The van der Waals surface area contributed by atoms with Crippen LogP contribution >= 0.6 is 11.3 Å². The molecular formula is C14H18N2S. The van der Waals surface area contributed by atoms with Gasteiger partial charge in [-0.3, -0.25) is 4.90 Å². The Kier molecular flexibility index (Phi) is 3.14. The second-order valence-electron chi connectivity index (χ2n) is 4.73. The van der Waals surface area contributed by atoms with Crippen LogP contribution in [0, 0.1) is 6.92 Å². The van der Waals surface area contributed by atoms with Gasteiger partial charge in [0.05, 0.1) is 0 Å². The summed E-state index contributed by atoms with van der Waals surface area (Å²) in [5, 5.41) is 4.83. The van der Waals surface area contributed by atoms with Crippen molar-refractivity contribution in [3.05, 3.63) is 34.7 Å². The molecule has 0 atom stereocenters. The zero-order valence-corrected chi connectivity index (χ0v) is 11.0. The van der Waals surface area contributed by atoms with Crippen molar-refractivity contribution in [1.82, 2.24) is 10.2 Å². The predicted molar refractivity (Wildman–Crippen MR) is 74.7 cm³/mol. The van der Waals surface area contributed by atoms with Crippen molar-refractivity contribution < 1.29 is 0 Å². The van der Waals surface area contributed by atoms with Crippen molar-refractivity contribution in [3.63, 3.8) is 0 Å². The third-order valence-corrected chi connectivity index (χ3v) is 4.50. The van der Waals surface area contributed by atoms with E-state index < -0.39 is 0 Å². The Morgan fingerprint density at radius 3 is 2.88 bits per heavy atom. The van der Waals surface area contributed by atoms with Crippen LogP contribution in [0.5, 0.6) is 0 Å². The summed E-state index contributed by atoms with van der Waals surface area (Å²) in [5.74, 6) is 0. The van der Waals surface area contributed by atoms with Crippen molar-refractivity contribution in [2.75, 3.05) is 26.2 Å². The molecule has 0 bridgehead atoms. The number of rotatable bonds is 2. The topological polar surface area (TPSA) is 15.3 Å². The van der Waals surface area contributed by atoms with Crippen LogP contribution in [-0.2, 0) is 6.54 Å². The number of aryl methyl sites for hydroxylation is 1. The summed E-state index contributed by atoms with van der Waals surface area (Å²) in [5.41, 5.74) is 1.39. The first-order valence-electron chi connectivity index (χ1n) is 6.24. The molecule has 0 aliphatic carbocycles. The smallest absolute Gasteiger partial charge is 0.0348 e. The number of fused-ring (bicyclic) bond motifs is 1. The van der Waals surface area contributed by atoms with Gasteiger partial charge in [-0.15, -0.1) is 11.3 Å². The van der Waals surface area contributed by atoms with Gasteiger partial charge >= 0.3 is 0 Å². The van der Waals surface area contributed by atoms with Gasteiger partial charge in [0.15, 0.2) is 0 Å². The maximum Gasteiger partial charge on any atom is 0.0348 e. The van der Waals surface area contributed by atoms with Gasteiger partial charge in [0.2, 0.25) is 0 Å². The largest absolute Gasteiger partial charge is 0.314 e. The summed E-state index contributed by atoms with van der Waals surface area (Å²) >= 11 is 1.94. The van der Waals surface area contributed by atoms with Crippen molar-refractivity contribution in [2.24, 2.45) is 0 Å². The number of piperazine rings is 1. The Balaban J connectivity index is 1.83. The van der Waals surface area contributed by atoms with Gasteiger partial charge in [0.1, 0.15) is 0 Å². The SMILES string of the molecule is Cc1cccc2sc(CN3CCNCC3)cc12. The minimum absolute atomic E-state index is 1.11. The van der Waals surface area contributed by atoms with E-state index in [2.05, 4.69) is 41.4 Å². The van der Waals surface area contributed by atoms with E-state index in [0.29, 0.717) is 0 Å². The summed E-state index contributed by atoms with van der Waals surface area (Å²) < 4.78 is 1.43. The molecule has 0 unspecified atom stereocenters. The van der Waals surface area contributed by atoms with Crippen molar-refractivity contribution in [2.45, 2.75) is 13.5 Å². The summed E-state index contributed by atoms with van der Waals surface area (Å²) in [4.78, 5) is 4.03. The van der Waals surface area contributed by atoms with Gasteiger partial charge in [-0.05, 0) is 30.0 Å². The van der Waals surface area contributed by atoms with Gasteiger partial charge in [-0.25, -0.2) is 0 Å². The number of nitrogens with one attached hydrogen (secondary N) is 1. The zero-order valence-electron chi connectivity index (χ0n) is 10.2. The maximum absolute atomic E-state index is 3.40. The van der Waals surface area contributed by atoms with E-state index in [0.717, 1.165) is 19.6 Å². The van der Waals surface area contributed by atoms with Crippen LogP contribution in [0.4, 0.5) is 0 Å². The molecule has 1 aromatic heterocycles. The average Bonchev–Trinajstić information content (AvgIpc) is 2.74. The molecule has 1 fully saturated rings. The number of hydrogen-bond acceptors (Lipinski definition) is 3. The minimum atomic E-state index is 1.11. The quantitative estimate of drug-likeness (QED) is 0.876. The fraction of sp³-hybridized carbons (Fsp3) is 0.429. The third kappa shape index (κ3) is 2.37. The molecule has 1 aromatic carbocycles. The van der Waals surface area contributed by atoms with E-state index in [1.807, 2.05) is 11.3 Å². The first kappa shape index (κ1) is 11.2. The van der Waals surface area contributed by atoms with Crippen molar-refractivity contribution in [1.29, 1.82) is 0 Å². The Hall–Kier alpha value is -0.900. The number of thiophene rings is 1. The maximum atomic E-state index is 3.40. The van der Waals surface area contributed by atoms with Crippen molar-refractivity contribution in [3.8, 4) is 0 Å². The minimum Gasteiger partial charge on any atom is -0.314 e. The Morgan fingerprint density at radius 1 is 1.29 bits per heavy atom. The molecule has 1 saturated heterocycles. The number of benzene rings is 1. The molecule has 1 aliphatic rings. The van der Waals surface area contributed by atoms with Crippen LogP contribution in [0.3, 0.4) is 0 Å². The Labute approximate surface area is 106 Å². The van der Waals surface area contributed by atoms with Crippen LogP contribution in [-0.4, -0.2) is 31.1 Å². The predicted octanol–water partition coefficient (Wildman–Crippen LogP) is 2.61. The highest BCUT2D eigenvalue weighted by atomic mass is 32.1. The number of hydrogen-bond donors (Lipinski definition) is 1. The summed E-state index contributed by atoms with van der Waals surface area (Å²) in [7, 11) is 0. The molecule has 0 amide bonds.